The molecule has 0 unspecified atom stereocenters. The zero-order chi connectivity index (χ0) is 14.5. The second kappa shape index (κ2) is 6.60. The number of halogens is 1. The van der Waals surface area contributed by atoms with Crippen molar-refractivity contribution in [3.8, 4) is 6.07 Å². The minimum Gasteiger partial charge on any atom is -0.481 e. The van der Waals surface area contributed by atoms with Gasteiger partial charge in [-0.3, -0.25) is 9.69 Å². The quantitative estimate of drug-likeness (QED) is 0.917. The van der Waals surface area contributed by atoms with Crippen molar-refractivity contribution >= 4 is 23.3 Å². The summed E-state index contributed by atoms with van der Waals surface area (Å²) in [5.41, 5.74) is 1.49. The number of aliphatic carboxylic acids is 1. The zero-order valence-electron chi connectivity index (χ0n) is 11.0. The van der Waals surface area contributed by atoms with E-state index in [9.17, 15) is 4.79 Å². The molecule has 0 radical (unpaired) electrons. The van der Waals surface area contributed by atoms with Gasteiger partial charge >= 0.3 is 5.97 Å². The zero-order valence-corrected chi connectivity index (χ0v) is 11.8. The van der Waals surface area contributed by atoms with Crippen LogP contribution in [0.5, 0.6) is 0 Å². The Kier molecular flexibility index (Phi) is 4.83. The number of hydrogen-bond donors (Lipinski definition) is 1. The summed E-state index contributed by atoms with van der Waals surface area (Å²) in [4.78, 5) is 14.9. The number of carbonyl (C=O) groups is 1. The average molecular weight is 294 g/mol. The third-order valence-corrected chi connectivity index (χ3v) is 3.73. The van der Waals surface area contributed by atoms with Crippen LogP contribution >= 0.6 is 11.6 Å². The Morgan fingerprint density at radius 3 is 2.60 bits per heavy atom. The molecule has 0 saturated carbocycles. The first-order valence-electron chi connectivity index (χ1n) is 6.49. The summed E-state index contributed by atoms with van der Waals surface area (Å²) in [7, 11) is 0. The Balaban J connectivity index is 1.94. The third kappa shape index (κ3) is 3.62. The van der Waals surface area contributed by atoms with E-state index < -0.39 is 5.97 Å². The number of nitrogens with zero attached hydrogens (tertiary/aromatic N) is 3. The molecule has 1 aliphatic rings. The highest BCUT2D eigenvalue weighted by atomic mass is 35.5. The monoisotopic (exact) mass is 293 g/mol. The maximum absolute atomic E-state index is 10.6. The highest BCUT2D eigenvalue weighted by molar-refractivity contribution is 6.33. The van der Waals surface area contributed by atoms with Crippen LogP contribution in [0.15, 0.2) is 18.2 Å². The van der Waals surface area contributed by atoms with E-state index in [4.69, 9.17) is 22.0 Å². The van der Waals surface area contributed by atoms with Crippen molar-refractivity contribution in [2.75, 3.05) is 37.6 Å². The Hall–Kier alpha value is -1.77. The minimum atomic E-state index is -0.762. The summed E-state index contributed by atoms with van der Waals surface area (Å²) in [6, 6.07) is 7.37. The lowest BCUT2D eigenvalue weighted by Gasteiger charge is -2.36. The van der Waals surface area contributed by atoms with Gasteiger partial charge in [-0.2, -0.15) is 5.26 Å². The number of nitriles is 1. The second-order valence-corrected chi connectivity index (χ2v) is 5.16. The molecule has 6 heteroatoms. The van der Waals surface area contributed by atoms with Crippen LogP contribution in [0.1, 0.15) is 12.0 Å². The van der Waals surface area contributed by atoms with Crippen LogP contribution in [-0.2, 0) is 4.79 Å². The predicted octanol–water partition coefficient (Wildman–Crippen LogP) is 1.81. The standard InChI is InChI=1S/C14H16ClN3O2/c15-12-9-11(10-16)1-2-13(12)18-7-5-17(6-8-18)4-3-14(19)20/h1-2,9H,3-8H2,(H,19,20). The molecule has 5 nitrogen and oxygen atoms in total. The Bertz CT molecular complexity index is 534. The Morgan fingerprint density at radius 2 is 2.05 bits per heavy atom. The molecule has 1 aromatic rings. The minimum absolute atomic E-state index is 0.178. The molecule has 1 N–H and O–H groups in total. The molecule has 1 saturated heterocycles. The highest BCUT2D eigenvalue weighted by Crippen LogP contribution is 2.27. The maximum atomic E-state index is 10.6. The van der Waals surface area contributed by atoms with Crippen LogP contribution in [0.25, 0.3) is 0 Å². The lowest BCUT2D eigenvalue weighted by molar-refractivity contribution is -0.137. The first kappa shape index (κ1) is 14.6. The smallest absolute Gasteiger partial charge is 0.304 e. The van der Waals surface area contributed by atoms with E-state index in [1.165, 1.54) is 0 Å². The molecule has 0 aromatic heterocycles. The third-order valence-electron chi connectivity index (χ3n) is 3.43. The second-order valence-electron chi connectivity index (χ2n) is 4.75. The van der Waals surface area contributed by atoms with Gasteiger partial charge in [0.15, 0.2) is 0 Å². The van der Waals surface area contributed by atoms with Crippen LogP contribution in [0, 0.1) is 11.3 Å². The summed E-state index contributed by atoms with van der Waals surface area (Å²) in [6.45, 7) is 3.86. The van der Waals surface area contributed by atoms with Gasteiger partial charge in [-0.1, -0.05) is 11.6 Å². The molecule has 1 heterocycles. The van der Waals surface area contributed by atoms with Gasteiger partial charge in [-0.25, -0.2) is 0 Å². The number of hydrogen-bond acceptors (Lipinski definition) is 4. The average Bonchev–Trinajstić information content (AvgIpc) is 2.45. The molecule has 2 rings (SSSR count). The number of piperazine rings is 1. The molecule has 0 spiro atoms. The van der Waals surface area contributed by atoms with Crippen molar-refractivity contribution < 1.29 is 9.90 Å². The Labute approximate surface area is 123 Å². The molecule has 106 valence electrons. The van der Waals surface area contributed by atoms with E-state index in [1.54, 1.807) is 12.1 Å². The largest absolute Gasteiger partial charge is 0.481 e. The number of anilines is 1. The van der Waals surface area contributed by atoms with Crippen molar-refractivity contribution in [3.05, 3.63) is 28.8 Å². The van der Waals surface area contributed by atoms with Crippen LogP contribution in [0.3, 0.4) is 0 Å². The van der Waals surface area contributed by atoms with Crippen molar-refractivity contribution in [2.24, 2.45) is 0 Å². The van der Waals surface area contributed by atoms with Gasteiger partial charge in [0.1, 0.15) is 0 Å². The fourth-order valence-corrected chi connectivity index (χ4v) is 2.60. The van der Waals surface area contributed by atoms with E-state index >= 15 is 0 Å². The SMILES string of the molecule is N#Cc1ccc(N2CCN(CCC(=O)O)CC2)c(Cl)c1. The van der Waals surface area contributed by atoms with Crippen LogP contribution in [-0.4, -0.2) is 48.7 Å². The lowest BCUT2D eigenvalue weighted by atomic mass is 10.2. The van der Waals surface area contributed by atoms with Crippen LogP contribution < -0.4 is 4.90 Å². The molecule has 0 bridgehead atoms. The van der Waals surface area contributed by atoms with E-state index in [2.05, 4.69) is 15.9 Å². The molecule has 0 aliphatic carbocycles. The molecule has 20 heavy (non-hydrogen) atoms. The summed E-state index contributed by atoms with van der Waals surface area (Å²) < 4.78 is 0. The van der Waals surface area contributed by atoms with Crippen molar-refractivity contribution in [2.45, 2.75) is 6.42 Å². The van der Waals surface area contributed by atoms with E-state index in [0.29, 0.717) is 17.1 Å². The summed E-state index contributed by atoms with van der Waals surface area (Å²) in [6.07, 6.45) is 0.178. The van der Waals surface area contributed by atoms with Crippen molar-refractivity contribution in [1.82, 2.24) is 4.90 Å². The van der Waals surface area contributed by atoms with E-state index in [-0.39, 0.29) is 6.42 Å². The highest BCUT2D eigenvalue weighted by Gasteiger charge is 2.19. The molecular weight excluding hydrogens is 278 g/mol. The van der Waals surface area contributed by atoms with Gasteiger partial charge < -0.3 is 10.0 Å². The normalized spacial score (nSPS) is 15.9. The molecule has 1 aromatic carbocycles. The fourth-order valence-electron chi connectivity index (χ4n) is 2.30. The van der Waals surface area contributed by atoms with Gasteiger partial charge in [0.2, 0.25) is 0 Å². The van der Waals surface area contributed by atoms with E-state index in [1.807, 2.05) is 6.07 Å². The molecule has 0 amide bonds. The maximum Gasteiger partial charge on any atom is 0.304 e. The van der Waals surface area contributed by atoms with Crippen molar-refractivity contribution in [3.63, 3.8) is 0 Å². The van der Waals surface area contributed by atoms with E-state index in [0.717, 1.165) is 31.9 Å². The summed E-state index contributed by atoms with van der Waals surface area (Å²) >= 11 is 6.20. The number of carboxylic acid groups (broad SMARTS) is 1. The molecular formula is C14H16ClN3O2. The first-order chi connectivity index (χ1) is 9.60. The summed E-state index contributed by atoms with van der Waals surface area (Å²) in [5.74, 6) is -0.762. The predicted molar refractivity (Wildman–Crippen MR) is 77.1 cm³/mol. The molecule has 1 aliphatic heterocycles. The number of benzene rings is 1. The van der Waals surface area contributed by atoms with Gasteiger partial charge in [-0.15, -0.1) is 0 Å². The number of carboxylic acids is 1. The number of rotatable bonds is 4. The lowest BCUT2D eigenvalue weighted by Crippen LogP contribution is -2.47. The van der Waals surface area contributed by atoms with Crippen LogP contribution in [0.2, 0.25) is 5.02 Å². The fraction of sp³-hybridized carbons (Fsp3) is 0.429. The van der Waals surface area contributed by atoms with Gasteiger partial charge in [0, 0.05) is 32.7 Å². The molecule has 1 fully saturated rings. The first-order valence-corrected chi connectivity index (χ1v) is 6.86. The topological polar surface area (TPSA) is 67.6 Å². The van der Waals surface area contributed by atoms with Crippen molar-refractivity contribution in [1.29, 1.82) is 5.26 Å². The van der Waals surface area contributed by atoms with Crippen LogP contribution in [0.4, 0.5) is 5.69 Å². The van der Waals surface area contributed by atoms with Gasteiger partial charge in [-0.05, 0) is 18.2 Å². The molecule has 0 atom stereocenters. The van der Waals surface area contributed by atoms with Gasteiger partial charge in [0.05, 0.1) is 28.8 Å². The summed E-state index contributed by atoms with van der Waals surface area (Å²) in [5, 5.41) is 18.1. The van der Waals surface area contributed by atoms with Gasteiger partial charge in [0.25, 0.3) is 0 Å². The Morgan fingerprint density at radius 1 is 1.35 bits per heavy atom.